The fraction of sp³-hybridized carbons (Fsp3) is 0.625. The van der Waals surface area contributed by atoms with Crippen LogP contribution < -0.4 is 4.74 Å². The van der Waals surface area contributed by atoms with Gasteiger partial charge in [0.05, 0.1) is 11.6 Å². The number of carbonyl (C=O) groups excluding carboxylic acids is 1. The molecule has 1 aromatic rings. The smallest absolute Gasteiger partial charge is 0.274 e. The predicted molar refractivity (Wildman–Crippen MR) is 84.0 cm³/mol. The largest absolute Gasteiger partial charge is 0.478 e. The van der Waals surface area contributed by atoms with Gasteiger partial charge in [-0.25, -0.2) is 4.98 Å². The number of aromatic nitrogens is 1. The molecule has 0 bridgehead atoms. The molecule has 0 aromatic carbocycles. The number of pyridine rings is 1. The zero-order chi connectivity index (χ0) is 15.2. The van der Waals surface area contributed by atoms with Crippen LogP contribution >= 0.6 is 11.6 Å². The van der Waals surface area contributed by atoms with Crippen molar-refractivity contribution in [2.75, 3.05) is 13.7 Å². The van der Waals surface area contributed by atoms with Crippen LogP contribution in [0.4, 0.5) is 0 Å². The fourth-order valence-electron chi connectivity index (χ4n) is 2.78. The highest BCUT2D eigenvalue weighted by atomic mass is 35.5. The van der Waals surface area contributed by atoms with Crippen molar-refractivity contribution >= 4 is 17.5 Å². The summed E-state index contributed by atoms with van der Waals surface area (Å²) in [5.41, 5.74) is 0.286. The van der Waals surface area contributed by atoms with Gasteiger partial charge in [0, 0.05) is 19.2 Å². The van der Waals surface area contributed by atoms with E-state index in [1.807, 2.05) is 14.0 Å². The molecule has 0 radical (unpaired) electrons. The van der Waals surface area contributed by atoms with E-state index in [1.54, 1.807) is 17.0 Å². The minimum Gasteiger partial charge on any atom is -0.478 e. The molecule has 4 nitrogen and oxygen atoms in total. The van der Waals surface area contributed by atoms with Gasteiger partial charge in [-0.15, -0.1) is 0 Å². The molecule has 0 spiro atoms. The Morgan fingerprint density at radius 1 is 1.33 bits per heavy atom. The topological polar surface area (TPSA) is 42.4 Å². The van der Waals surface area contributed by atoms with Gasteiger partial charge in [-0.2, -0.15) is 0 Å². The maximum atomic E-state index is 12.7. The second-order valence-electron chi connectivity index (χ2n) is 5.47. The Hall–Kier alpha value is -1.29. The van der Waals surface area contributed by atoms with Gasteiger partial charge in [0.1, 0.15) is 0 Å². The van der Waals surface area contributed by atoms with Gasteiger partial charge >= 0.3 is 0 Å². The Morgan fingerprint density at radius 3 is 2.62 bits per heavy atom. The zero-order valence-electron chi connectivity index (χ0n) is 12.8. The minimum absolute atomic E-state index is 0.117. The molecule has 0 aliphatic heterocycles. The van der Waals surface area contributed by atoms with Gasteiger partial charge in [-0.1, -0.05) is 37.3 Å². The number of ether oxygens (including phenoxy) is 1. The second kappa shape index (κ2) is 7.64. The monoisotopic (exact) mass is 310 g/mol. The third-order valence-electron chi connectivity index (χ3n) is 4.01. The first-order valence-electron chi connectivity index (χ1n) is 7.70. The SMILES string of the molecule is CCOc1ccc(Cl)c(C(=O)N(C)C2CCCCCC2)n1. The average Bonchev–Trinajstić information content (AvgIpc) is 2.77. The van der Waals surface area contributed by atoms with Gasteiger partial charge in [0.15, 0.2) is 5.69 Å². The summed E-state index contributed by atoms with van der Waals surface area (Å²) >= 11 is 6.14. The summed E-state index contributed by atoms with van der Waals surface area (Å²) in [5, 5.41) is 0.379. The molecule has 1 saturated carbocycles. The molecule has 0 saturated heterocycles. The summed E-state index contributed by atoms with van der Waals surface area (Å²) in [7, 11) is 1.85. The van der Waals surface area contributed by atoms with Gasteiger partial charge in [0.25, 0.3) is 5.91 Å². The van der Waals surface area contributed by atoms with Crippen LogP contribution in [0.25, 0.3) is 0 Å². The van der Waals surface area contributed by atoms with E-state index in [-0.39, 0.29) is 17.6 Å². The fourth-order valence-corrected chi connectivity index (χ4v) is 2.97. The van der Waals surface area contributed by atoms with E-state index in [1.165, 1.54) is 25.7 Å². The highest BCUT2D eigenvalue weighted by molar-refractivity contribution is 6.33. The number of amides is 1. The van der Waals surface area contributed by atoms with E-state index in [0.717, 1.165) is 12.8 Å². The van der Waals surface area contributed by atoms with E-state index < -0.39 is 0 Å². The van der Waals surface area contributed by atoms with E-state index >= 15 is 0 Å². The highest BCUT2D eigenvalue weighted by Crippen LogP contribution is 2.24. The lowest BCUT2D eigenvalue weighted by atomic mass is 10.1. The average molecular weight is 311 g/mol. The molecule has 1 heterocycles. The van der Waals surface area contributed by atoms with Crippen LogP contribution in [0, 0.1) is 0 Å². The molecule has 0 N–H and O–H groups in total. The molecule has 1 fully saturated rings. The molecular formula is C16H23ClN2O2. The lowest BCUT2D eigenvalue weighted by Crippen LogP contribution is -2.37. The number of rotatable bonds is 4. The Bertz CT molecular complexity index is 485. The number of nitrogens with zero attached hydrogens (tertiary/aromatic N) is 2. The standard InChI is InChI=1S/C16H23ClN2O2/c1-3-21-14-11-10-13(17)15(18-14)16(20)19(2)12-8-6-4-5-7-9-12/h10-12H,3-9H2,1-2H3. The molecule has 2 rings (SSSR count). The first kappa shape index (κ1) is 16.1. The third kappa shape index (κ3) is 4.10. The summed E-state index contributed by atoms with van der Waals surface area (Å²) in [5.74, 6) is 0.327. The summed E-state index contributed by atoms with van der Waals surface area (Å²) in [6, 6.07) is 3.65. The van der Waals surface area contributed by atoms with E-state index in [2.05, 4.69) is 4.98 Å². The molecular weight excluding hydrogens is 288 g/mol. The van der Waals surface area contributed by atoms with Crippen LogP contribution in [-0.2, 0) is 0 Å². The summed E-state index contributed by atoms with van der Waals surface area (Å²) < 4.78 is 5.36. The first-order chi connectivity index (χ1) is 10.1. The molecule has 1 aliphatic carbocycles. The number of hydrogen-bond donors (Lipinski definition) is 0. The number of hydrogen-bond acceptors (Lipinski definition) is 3. The predicted octanol–water partition coefficient (Wildman–Crippen LogP) is 3.93. The van der Waals surface area contributed by atoms with Crippen molar-refractivity contribution < 1.29 is 9.53 Å². The molecule has 1 aliphatic rings. The van der Waals surface area contributed by atoms with Crippen molar-refractivity contribution in [3.8, 4) is 5.88 Å². The lowest BCUT2D eigenvalue weighted by Gasteiger charge is -2.27. The molecule has 0 unspecified atom stereocenters. The second-order valence-corrected chi connectivity index (χ2v) is 5.88. The maximum absolute atomic E-state index is 12.7. The van der Waals surface area contributed by atoms with Gasteiger partial charge in [0.2, 0.25) is 5.88 Å². The summed E-state index contributed by atoms with van der Waals surface area (Å²) in [6.07, 6.45) is 7.01. The van der Waals surface area contributed by atoms with E-state index in [9.17, 15) is 4.79 Å². The summed E-state index contributed by atoms with van der Waals surface area (Å²) in [4.78, 5) is 18.7. The van der Waals surface area contributed by atoms with Crippen molar-refractivity contribution in [3.05, 3.63) is 22.8 Å². The Kier molecular flexibility index (Phi) is 5.85. The molecule has 116 valence electrons. The zero-order valence-corrected chi connectivity index (χ0v) is 13.5. The third-order valence-corrected chi connectivity index (χ3v) is 4.31. The summed E-state index contributed by atoms with van der Waals surface area (Å²) in [6.45, 7) is 2.40. The van der Waals surface area contributed by atoms with Crippen LogP contribution in [0.2, 0.25) is 5.02 Å². The molecule has 1 aromatic heterocycles. The quantitative estimate of drug-likeness (QED) is 0.791. The van der Waals surface area contributed by atoms with Crippen molar-refractivity contribution in [2.24, 2.45) is 0 Å². The Balaban J connectivity index is 2.15. The van der Waals surface area contributed by atoms with Crippen LogP contribution in [0.5, 0.6) is 5.88 Å². The van der Waals surface area contributed by atoms with Crippen molar-refractivity contribution in [1.82, 2.24) is 9.88 Å². The van der Waals surface area contributed by atoms with E-state index in [4.69, 9.17) is 16.3 Å². The number of halogens is 1. The highest BCUT2D eigenvalue weighted by Gasteiger charge is 2.25. The van der Waals surface area contributed by atoms with E-state index in [0.29, 0.717) is 17.5 Å². The van der Waals surface area contributed by atoms with Gasteiger partial charge in [-0.05, 0) is 25.8 Å². The Labute approximate surface area is 131 Å². The first-order valence-corrected chi connectivity index (χ1v) is 8.07. The number of carbonyl (C=O) groups is 1. The van der Waals surface area contributed by atoms with Crippen LogP contribution in [-0.4, -0.2) is 35.5 Å². The van der Waals surface area contributed by atoms with Gasteiger partial charge in [-0.3, -0.25) is 4.79 Å². The molecule has 0 atom stereocenters. The Morgan fingerprint density at radius 2 is 2.00 bits per heavy atom. The van der Waals surface area contributed by atoms with Crippen molar-refractivity contribution in [1.29, 1.82) is 0 Å². The molecule has 21 heavy (non-hydrogen) atoms. The maximum Gasteiger partial charge on any atom is 0.274 e. The lowest BCUT2D eigenvalue weighted by molar-refractivity contribution is 0.0710. The van der Waals surface area contributed by atoms with Crippen molar-refractivity contribution in [3.63, 3.8) is 0 Å². The van der Waals surface area contributed by atoms with Crippen LogP contribution in [0.3, 0.4) is 0 Å². The van der Waals surface area contributed by atoms with Gasteiger partial charge < -0.3 is 9.64 Å². The molecule has 5 heteroatoms. The van der Waals surface area contributed by atoms with Crippen LogP contribution in [0.1, 0.15) is 55.9 Å². The minimum atomic E-state index is -0.117. The normalized spacial score (nSPS) is 16.3. The molecule has 1 amide bonds. The van der Waals surface area contributed by atoms with Crippen LogP contribution in [0.15, 0.2) is 12.1 Å². The van der Waals surface area contributed by atoms with Crippen molar-refractivity contribution in [2.45, 2.75) is 51.5 Å².